The van der Waals surface area contributed by atoms with Crippen LogP contribution in [0.25, 0.3) is 10.9 Å². The summed E-state index contributed by atoms with van der Waals surface area (Å²) in [6.45, 7) is 4.24. The van der Waals surface area contributed by atoms with E-state index in [1.165, 1.54) is 27.7 Å². The molecule has 0 fully saturated rings. The van der Waals surface area contributed by atoms with Gasteiger partial charge in [-0.25, -0.2) is 18.1 Å². The van der Waals surface area contributed by atoms with Crippen LogP contribution in [-0.4, -0.2) is 42.3 Å². The fourth-order valence-corrected chi connectivity index (χ4v) is 5.36. The van der Waals surface area contributed by atoms with Crippen LogP contribution >= 0.6 is 34.7 Å². The van der Waals surface area contributed by atoms with E-state index in [-0.39, 0.29) is 30.2 Å². The van der Waals surface area contributed by atoms with Crippen molar-refractivity contribution in [3.63, 3.8) is 0 Å². The van der Waals surface area contributed by atoms with Crippen LogP contribution < -0.4 is 10.3 Å². The maximum atomic E-state index is 12.8. The highest BCUT2D eigenvalue weighted by atomic mass is 35.5. The maximum absolute atomic E-state index is 12.8. The van der Waals surface area contributed by atoms with Crippen LogP contribution in [0.2, 0.25) is 5.02 Å². The molecule has 0 saturated carbocycles. The molecule has 0 radical (unpaired) electrons. The van der Waals surface area contributed by atoms with Gasteiger partial charge in [0.15, 0.2) is 10.9 Å². The summed E-state index contributed by atoms with van der Waals surface area (Å²) in [7, 11) is -3.24. The number of ketones is 1. The smallest absolute Gasteiger partial charge is 0.262 e. The number of hydrogen-bond acceptors (Lipinski definition) is 7. The molecule has 3 rings (SSSR count). The van der Waals surface area contributed by atoms with Crippen molar-refractivity contribution in [1.29, 1.82) is 0 Å². The van der Waals surface area contributed by atoms with E-state index in [1.54, 1.807) is 30.3 Å². The van der Waals surface area contributed by atoms with Crippen LogP contribution in [0.3, 0.4) is 0 Å². The van der Waals surface area contributed by atoms with Gasteiger partial charge < -0.3 is 0 Å². The van der Waals surface area contributed by atoms with Crippen LogP contribution in [0.1, 0.15) is 14.5 Å². The standard InChI is InChI=1S/C20H20ClN3O4S3/c1-3-10-24-19(26)15-6-4-13(21)11-16(15)23-20(24)29-12-17(25)18-7-5-14(30-18)8-9-22-31(2,27)28/h3-7,11,22H,1,8-10,12H2,2H3. The number of halogens is 1. The third-order valence-electron chi connectivity index (χ3n) is 4.20. The Morgan fingerprint density at radius 2 is 2.13 bits per heavy atom. The highest BCUT2D eigenvalue weighted by Gasteiger charge is 2.15. The third-order valence-corrected chi connectivity index (χ3v) is 7.32. The van der Waals surface area contributed by atoms with Crippen LogP contribution in [0.4, 0.5) is 0 Å². The first kappa shape index (κ1) is 23.7. The molecule has 0 atom stereocenters. The summed E-state index contributed by atoms with van der Waals surface area (Å²) in [5, 5.41) is 1.35. The van der Waals surface area contributed by atoms with E-state index in [4.69, 9.17) is 11.6 Å². The Morgan fingerprint density at radius 1 is 1.35 bits per heavy atom. The number of allylic oxidation sites excluding steroid dienone is 1. The number of carbonyl (C=O) groups excluding carboxylic acids is 1. The van der Waals surface area contributed by atoms with Crippen LogP contribution in [0.15, 0.2) is 52.9 Å². The fourth-order valence-electron chi connectivity index (χ4n) is 2.80. The number of thioether (sulfide) groups is 1. The summed E-state index contributed by atoms with van der Waals surface area (Å²) in [6, 6.07) is 8.45. The molecule has 0 amide bonds. The number of nitrogens with one attached hydrogen (secondary N) is 1. The van der Waals surface area contributed by atoms with Gasteiger partial charge >= 0.3 is 0 Å². The summed E-state index contributed by atoms with van der Waals surface area (Å²) in [6.07, 6.45) is 3.21. The Hall–Kier alpha value is -1.98. The van der Waals surface area contributed by atoms with E-state index in [1.807, 2.05) is 6.07 Å². The zero-order valence-electron chi connectivity index (χ0n) is 16.6. The molecule has 0 bridgehead atoms. The van der Waals surface area contributed by atoms with Gasteiger partial charge in [-0.15, -0.1) is 17.9 Å². The van der Waals surface area contributed by atoms with Crippen LogP contribution in [0, 0.1) is 0 Å². The second-order valence-corrected chi connectivity index (χ2v) is 11.0. The molecule has 0 unspecified atom stereocenters. The van der Waals surface area contributed by atoms with Gasteiger partial charge in [0.25, 0.3) is 5.56 Å². The summed E-state index contributed by atoms with van der Waals surface area (Å²) in [5.41, 5.74) is 0.262. The average molecular weight is 498 g/mol. The largest absolute Gasteiger partial charge is 0.292 e. The number of benzene rings is 1. The number of nitrogens with zero attached hydrogens (tertiary/aromatic N) is 2. The number of carbonyl (C=O) groups is 1. The lowest BCUT2D eigenvalue weighted by molar-refractivity contribution is 0.102. The zero-order chi connectivity index (χ0) is 22.6. The lowest BCUT2D eigenvalue weighted by Gasteiger charge is -2.11. The van der Waals surface area contributed by atoms with Crippen molar-refractivity contribution in [1.82, 2.24) is 14.3 Å². The Labute approximate surface area is 193 Å². The minimum absolute atomic E-state index is 0.0945. The number of sulfonamides is 1. The molecule has 1 aromatic carbocycles. The van der Waals surface area contributed by atoms with Crippen molar-refractivity contribution >= 4 is 61.4 Å². The SMILES string of the molecule is C=CCn1c(SCC(=O)c2ccc(CCNS(C)(=O)=O)s2)nc2cc(Cl)ccc2c1=O. The zero-order valence-corrected chi connectivity index (χ0v) is 19.8. The molecule has 3 aromatic rings. The second-order valence-electron chi connectivity index (χ2n) is 6.65. The summed E-state index contributed by atoms with van der Waals surface area (Å²) >= 11 is 8.54. The first-order valence-electron chi connectivity index (χ1n) is 9.18. The topological polar surface area (TPSA) is 98.1 Å². The Bertz CT molecular complexity index is 1300. The molecule has 0 saturated heterocycles. The number of aromatic nitrogens is 2. The number of hydrogen-bond donors (Lipinski definition) is 1. The summed E-state index contributed by atoms with van der Waals surface area (Å²) in [4.78, 5) is 31.5. The van der Waals surface area contributed by atoms with E-state index < -0.39 is 10.0 Å². The number of thiophene rings is 1. The Kier molecular flexibility index (Phi) is 7.71. The normalized spacial score (nSPS) is 11.7. The molecule has 7 nitrogen and oxygen atoms in total. The molecule has 0 aliphatic rings. The summed E-state index contributed by atoms with van der Waals surface area (Å²) < 4.78 is 26.2. The first-order valence-corrected chi connectivity index (χ1v) is 13.3. The number of fused-ring (bicyclic) bond motifs is 1. The lowest BCUT2D eigenvalue weighted by Crippen LogP contribution is -2.24. The maximum Gasteiger partial charge on any atom is 0.262 e. The van der Waals surface area contributed by atoms with Gasteiger partial charge in [-0.3, -0.25) is 14.2 Å². The molecule has 164 valence electrons. The van der Waals surface area contributed by atoms with Crippen molar-refractivity contribution in [3.8, 4) is 0 Å². The van der Waals surface area contributed by atoms with Gasteiger partial charge in [-0.2, -0.15) is 0 Å². The fraction of sp³-hybridized carbons (Fsp3) is 0.250. The van der Waals surface area contributed by atoms with Crippen molar-refractivity contribution in [2.45, 2.75) is 18.1 Å². The highest BCUT2D eigenvalue weighted by Crippen LogP contribution is 2.24. The van der Waals surface area contributed by atoms with Crippen molar-refractivity contribution in [2.75, 3.05) is 18.6 Å². The Morgan fingerprint density at radius 3 is 2.84 bits per heavy atom. The number of rotatable bonds is 10. The van der Waals surface area contributed by atoms with E-state index in [0.717, 1.165) is 11.1 Å². The number of Topliss-reactive ketones (excluding diaryl/α,β-unsaturated/α-hetero) is 1. The first-order chi connectivity index (χ1) is 14.7. The van der Waals surface area contributed by atoms with Crippen molar-refractivity contribution < 1.29 is 13.2 Å². The average Bonchev–Trinajstić information content (AvgIpc) is 3.16. The highest BCUT2D eigenvalue weighted by molar-refractivity contribution is 7.99. The molecular weight excluding hydrogens is 478 g/mol. The minimum Gasteiger partial charge on any atom is -0.292 e. The molecule has 0 spiro atoms. The van der Waals surface area contributed by atoms with Gasteiger partial charge in [0.1, 0.15) is 0 Å². The lowest BCUT2D eigenvalue weighted by atomic mass is 10.2. The van der Waals surface area contributed by atoms with E-state index in [2.05, 4.69) is 16.3 Å². The quantitative estimate of drug-likeness (QED) is 0.199. The van der Waals surface area contributed by atoms with E-state index in [9.17, 15) is 18.0 Å². The van der Waals surface area contributed by atoms with Crippen molar-refractivity contribution in [2.24, 2.45) is 0 Å². The van der Waals surface area contributed by atoms with Gasteiger partial charge in [0.05, 0.1) is 27.8 Å². The van der Waals surface area contributed by atoms with Crippen LogP contribution in [0.5, 0.6) is 0 Å². The predicted molar refractivity (Wildman–Crippen MR) is 127 cm³/mol. The summed E-state index contributed by atoms with van der Waals surface area (Å²) in [5.74, 6) is 0.0138. The molecular formula is C20H20ClN3O4S3. The van der Waals surface area contributed by atoms with E-state index in [0.29, 0.717) is 32.4 Å². The predicted octanol–water partition coefficient (Wildman–Crippen LogP) is 3.36. The molecule has 0 aliphatic carbocycles. The van der Waals surface area contributed by atoms with Gasteiger partial charge in [-0.05, 0) is 36.8 Å². The molecule has 2 aromatic heterocycles. The molecule has 31 heavy (non-hydrogen) atoms. The van der Waals surface area contributed by atoms with Crippen molar-refractivity contribution in [3.05, 3.63) is 68.1 Å². The Balaban J connectivity index is 1.74. The minimum atomic E-state index is -3.24. The van der Waals surface area contributed by atoms with E-state index >= 15 is 0 Å². The monoisotopic (exact) mass is 497 g/mol. The molecule has 1 N–H and O–H groups in total. The molecule has 2 heterocycles. The molecule has 0 aliphatic heterocycles. The van der Waals surface area contributed by atoms with Gasteiger partial charge in [0, 0.05) is 23.0 Å². The third kappa shape index (κ3) is 6.27. The van der Waals surface area contributed by atoms with Crippen LogP contribution in [-0.2, 0) is 23.0 Å². The second kappa shape index (κ2) is 10.1. The molecule has 11 heteroatoms. The van der Waals surface area contributed by atoms with Gasteiger partial charge in [-0.1, -0.05) is 29.4 Å². The van der Waals surface area contributed by atoms with Gasteiger partial charge in [0.2, 0.25) is 10.0 Å².